The van der Waals surface area contributed by atoms with Crippen LogP contribution in [0.15, 0.2) is 12.2 Å². The summed E-state index contributed by atoms with van der Waals surface area (Å²) in [6, 6.07) is 0. The number of rotatable bonds is 3. The van der Waals surface area contributed by atoms with Gasteiger partial charge in [0, 0.05) is 16.9 Å². The molecule has 0 heterocycles. The van der Waals surface area contributed by atoms with Gasteiger partial charge >= 0.3 is 5.97 Å². The zero-order valence-corrected chi connectivity index (χ0v) is 15.4. The Hall–Kier alpha value is -0.790. The molecule has 4 fully saturated rings. The molecule has 4 atom stereocenters. The van der Waals surface area contributed by atoms with Crippen LogP contribution in [-0.2, 0) is 9.53 Å². The molecule has 4 rings (SSSR count). The minimum Gasteiger partial charge on any atom is -0.455 e. The van der Waals surface area contributed by atoms with Gasteiger partial charge in [-0.25, -0.2) is 4.79 Å². The normalized spacial score (nSPS) is 40.6. The third-order valence-corrected chi connectivity index (χ3v) is 8.12. The maximum Gasteiger partial charge on any atom is 0.333 e. The van der Waals surface area contributed by atoms with Gasteiger partial charge in [-0.1, -0.05) is 38.7 Å². The van der Waals surface area contributed by atoms with Crippen LogP contribution in [0.25, 0.3) is 0 Å². The molecule has 0 aliphatic heterocycles. The Balaban J connectivity index is 1.73. The molecule has 2 nitrogen and oxygen atoms in total. The van der Waals surface area contributed by atoms with Crippen LogP contribution in [0, 0.1) is 23.2 Å². The van der Waals surface area contributed by atoms with Gasteiger partial charge in [-0.05, 0) is 70.1 Å². The van der Waals surface area contributed by atoms with E-state index in [0.717, 1.165) is 18.3 Å². The van der Waals surface area contributed by atoms with Crippen molar-refractivity contribution < 1.29 is 9.53 Å². The number of ether oxygens (including phenoxy) is 1. The molecule has 4 unspecified atom stereocenters. The van der Waals surface area contributed by atoms with Gasteiger partial charge in [-0.15, -0.1) is 0 Å². The second kappa shape index (κ2) is 6.18. The van der Waals surface area contributed by atoms with E-state index in [1.807, 2.05) is 6.92 Å². The molecular formula is C22H34O2. The van der Waals surface area contributed by atoms with Crippen molar-refractivity contribution in [2.75, 3.05) is 0 Å². The van der Waals surface area contributed by atoms with Crippen LogP contribution in [0.2, 0.25) is 0 Å². The van der Waals surface area contributed by atoms with Crippen LogP contribution in [0.4, 0.5) is 0 Å². The summed E-state index contributed by atoms with van der Waals surface area (Å²) in [6.45, 7) is 5.70. The molecule has 0 saturated heterocycles. The van der Waals surface area contributed by atoms with Crippen LogP contribution in [0.1, 0.15) is 90.4 Å². The fraction of sp³-hybridized carbons (Fsp3) is 0.864. The number of esters is 1. The Morgan fingerprint density at radius 2 is 1.62 bits per heavy atom. The van der Waals surface area contributed by atoms with E-state index in [0.29, 0.717) is 11.5 Å². The van der Waals surface area contributed by atoms with Gasteiger partial charge in [0.05, 0.1) is 0 Å². The van der Waals surface area contributed by atoms with Crippen LogP contribution in [-0.4, -0.2) is 11.6 Å². The lowest BCUT2D eigenvalue weighted by molar-refractivity contribution is -0.212. The summed E-state index contributed by atoms with van der Waals surface area (Å²) in [7, 11) is 0. The van der Waals surface area contributed by atoms with E-state index in [1.54, 1.807) is 0 Å². The Morgan fingerprint density at radius 3 is 2.21 bits per heavy atom. The van der Waals surface area contributed by atoms with Crippen LogP contribution >= 0.6 is 0 Å². The second-order valence-electron chi connectivity index (χ2n) is 9.39. The summed E-state index contributed by atoms with van der Waals surface area (Å²) in [4.78, 5) is 12.7. The Labute approximate surface area is 147 Å². The quantitative estimate of drug-likeness (QED) is 0.482. The first-order valence-electron chi connectivity index (χ1n) is 10.5. The van der Waals surface area contributed by atoms with Gasteiger partial charge in [-0.3, -0.25) is 0 Å². The molecule has 2 bridgehead atoms. The second-order valence-corrected chi connectivity index (χ2v) is 9.39. The van der Waals surface area contributed by atoms with E-state index < -0.39 is 0 Å². The minimum atomic E-state index is -0.179. The van der Waals surface area contributed by atoms with E-state index >= 15 is 0 Å². The van der Waals surface area contributed by atoms with E-state index in [1.165, 1.54) is 77.0 Å². The molecule has 2 heteroatoms. The summed E-state index contributed by atoms with van der Waals surface area (Å²) in [5.74, 6) is 2.22. The van der Waals surface area contributed by atoms with Gasteiger partial charge in [-0.2, -0.15) is 0 Å². The SMILES string of the molecule is C=C(C)C(=O)OC1(C2CC3CCC2C3)CCCCC12CCCCC2. The van der Waals surface area contributed by atoms with Gasteiger partial charge in [0.15, 0.2) is 0 Å². The van der Waals surface area contributed by atoms with E-state index in [2.05, 4.69) is 6.58 Å². The highest BCUT2D eigenvalue weighted by Crippen LogP contribution is 2.64. The molecule has 0 radical (unpaired) electrons. The highest BCUT2D eigenvalue weighted by Gasteiger charge is 2.63. The highest BCUT2D eigenvalue weighted by atomic mass is 16.6. The average Bonchev–Trinajstić information content (AvgIpc) is 3.21. The third-order valence-electron chi connectivity index (χ3n) is 8.12. The van der Waals surface area contributed by atoms with Crippen molar-refractivity contribution in [3.8, 4) is 0 Å². The Morgan fingerprint density at radius 1 is 0.958 bits per heavy atom. The molecule has 24 heavy (non-hydrogen) atoms. The van der Waals surface area contributed by atoms with E-state index in [4.69, 9.17) is 4.74 Å². The van der Waals surface area contributed by atoms with Crippen molar-refractivity contribution in [2.24, 2.45) is 23.2 Å². The number of carbonyl (C=O) groups excluding carboxylic acids is 1. The molecule has 4 aliphatic rings. The number of carbonyl (C=O) groups is 1. The summed E-state index contributed by atoms with van der Waals surface area (Å²) < 4.78 is 6.53. The molecule has 1 spiro atoms. The van der Waals surface area contributed by atoms with Crippen molar-refractivity contribution in [1.29, 1.82) is 0 Å². The fourth-order valence-electron chi connectivity index (χ4n) is 7.11. The van der Waals surface area contributed by atoms with Crippen LogP contribution in [0.3, 0.4) is 0 Å². The number of fused-ring (bicyclic) bond motifs is 2. The Bertz CT molecular complexity index is 508. The largest absolute Gasteiger partial charge is 0.455 e. The summed E-state index contributed by atoms with van der Waals surface area (Å²) in [5.41, 5.74) is 0.666. The molecule has 4 saturated carbocycles. The van der Waals surface area contributed by atoms with Gasteiger partial charge in [0.25, 0.3) is 0 Å². The number of hydrogen-bond acceptors (Lipinski definition) is 2. The van der Waals surface area contributed by atoms with E-state index in [-0.39, 0.29) is 17.0 Å². The molecule has 134 valence electrons. The zero-order valence-electron chi connectivity index (χ0n) is 15.4. The van der Waals surface area contributed by atoms with Crippen molar-refractivity contribution in [1.82, 2.24) is 0 Å². The molecule has 0 amide bonds. The average molecular weight is 331 g/mol. The van der Waals surface area contributed by atoms with Crippen LogP contribution < -0.4 is 0 Å². The molecule has 0 N–H and O–H groups in total. The maximum atomic E-state index is 12.7. The predicted octanol–water partition coefficient (Wildman–Crippen LogP) is 5.81. The monoisotopic (exact) mass is 330 g/mol. The van der Waals surface area contributed by atoms with Gasteiger partial charge in [0.1, 0.15) is 5.60 Å². The summed E-state index contributed by atoms with van der Waals surface area (Å²) >= 11 is 0. The smallest absolute Gasteiger partial charge is 0.333 e. The molecule has 0 aromatic heterocycles. The Kier molecular flexibility index (Phi) is 4.29. The fourth-order valence-corrected chi connectivity index (χ4v) is 7.11. The maximum absolute atomic E-state index is 12.7. The predicted molar refractivity (Wildman–Crippen MR) is 96.6 cm³/mol. The molecule has 0 aromatic carbocycles. The zero-order chi connectivity index (χ0) is 16.8. The first-order chi connectivity index (χ1) is 11.6. The first kappa shape index (κ1) is 16.7. The van der Waals surface area contributed by atoms with Crippen molar-refractivity contribution in [3.05, 3.63) is 12.2 Å². The van der Waals surface area contributed by atoms with Gasteiger partial charge < -0.3 is 4.74 Å². The summed E-state index contributed by atoms with van der Waals surface area (Å²) in [5, 5.41) is 0. The van der Waals surface area contributed by atoms with Crippen molar-refractivity contribution >= 4 is 5.97 Å². The minimum absolute atomic E-state index is 0.121. The first-order valence-corrected chi connectivity index (χ1v) is 10.5. The van der Waals surface area contributed by atoms with Gasteiger partial charge in [0.2, 0.25) is 0 Å². The topological polar surface area (TPSA) is 26.3 Å². The van der Waals surface area contributed by atoms with Crippen LogP contribution in [0.5, 0.6) is 0 Å². The third kappa shape index (κ3) is 2.47. The molecule has 4 aliphatic carbocycles. The lowest BCUT2D eigenvalue weighted by Crippen LogP contribution is -2.60. The van der Waals surface area contributed by atoms with Crippen molar-refractivity contribution in [3.63, 3.8) is 0 Å². The molecule has 0 aromatic rings. The standard InChI is InChI=1S/C22H34O2/c1-16(2)20(23)24-22(19-15-17-8-9-18(19)14-17)13-7-6-12-21(22)10-4-3-5-11-21/h17-19H,1,3-15H2,2H3. The summed E-state index contributed by atoms with van der Waals surface area (Å²) in [6.07, 6.45) is 17.0. The van der Waals surface area contributed by atoms with Crippen molar-refractivity contribution in [2.45, 2.75) is 96.0 Å². The number of hydrogen-bond donors (Lipinski definition) is 0. The lowest BCUT2D eigenvalue weighted by Gasteiger charge is -2.59. The molecular weight excluding hydrogens is 296 g/mol. The highest BCUT2D eigenvalue weighted by molar-refractivity contribution is 5.87. The lowest BCUT2D eigenvalue weighted by atomic mass is 9.51. The van der Waals surface area contributed by atoms with E-state index in [9.17, 15) is 4.79 Å².